The van der Waals surface area contributed by atoms with Crippen LogP contribution in [0.4, 0.5) is 4.79 Å². The van der Waals surface area contributed by atoms with E-state index in [9.17, 15) is 14.7 Å². The van der Waals surface area contributed by atoms with Crippen molar-refractivity contribution < 1.29 is 24.2 Å². The van der Waals surface area contributed by atoms with Crippen LogP contribution in [0.25, 0.3) is 0 Å². The first-order valence-corrected chi connectivity index (χ1v) is 12.3. The number of aliphatic hydroxyl groups is 1. The summed E-state index contributed by atoms with van der Waals surface area (Å²) in [7, 11) is 0. The average molecular weight is 468 g/mol. The van der Waals surface area contributed by atoms with E-state index in [0.717, 1.165) is 24.8 Å². The maximum atomic E-state index is 13.1. The molecule has 6 nitrogen and oxygen atoms in total. The van der Waals surface area contributed by atoms with Crippen LogP contribution in [0.15, 0.2) is 71.3 Å². The second-order valence-electron chi connectivity index (χ2n) is 8.77. The first kappa shape index (κ1) is 23.2. The maximum Gasteiger partial charge on any atom is 0.405 e. The van der Waals surface area contributed by atoms with E-state index in [1.54, 1.807) is 0 Å². The molecular formula is C26H29NO5S. The van der Waals surface area contributed by atoms with Crippen LogP contribution < -0.4 is 5.73 Å². The maximum absolute atomic E-state index is 13.1. The number of aliphatic hydroxyl groups excluding tert-OH is 1. The van der Waals surface area contributed by atoms with Gasteiger partial charge in [0.05, 0.1) is 6.42 Å². The third kappa shape index (κ3) is 5.36. The molecule has 0 bridgehead atoms. The second kappa shape index (κ2) is 9.91. The van der Waals surface area contributed by atoms with E-state index < -0.39 is 23.3 Å². The molecule has 2 aromatic carbocycles. The van der Waals surface area contributed by atoms with Crippen LogP contribution in [0.2, 0.25) is 0 Å². The molecular weight excluding hydrogens is 438 g/mol. The Bertz CT molecular complexity index is 1020. The molecule has 1 amide bonds. The molecule has 2 aromatic rings. The zero-order chi connectivity index (χ0) is 23.3. The van der Waals surface area contributed by atoms with Gasteiger partial charge in [0.1, 0.15) is 21.9 Å². The van der Waals surface area contributed by atoms with E-state index in [2.05, 4.69) is 0 Å². The predicted molar refractivity (Wildman–Crippen MR) is 128 cm³/mol. The highest BCUT2D eigenvalue weighted by atomic mass is 32.2. The molecule has 4 rings (SSSR count). The molecule has 0 spiro atoms. The van der Waals surface area contributed by atoms with Gasteiger partial charge in [0.2, 0.25) is 0 Å². The average Bonchev–Trinajstić information content (AvgIpc) is 3.24. The number of hydrogen-bond donors (Lipinski definition) is 2. The lowest BCUT2D eigenvalue weighted by molar-refractivity contribution is -0.167. The van der Waals surface area contributed by atoms with Crippen LogP contribution in [0, 0.1) is 0 Å². The summed E-state index contributed by atoms with van der Waals surface area (Å²) in [5.41, 5.74) is 5.37. The smallest absolute Gasteiger partial charge is 0.405 e. The molecule has 0 radical (unpaired) electrons. The Balaban J connectivity index is 1.59. The summed E-state index contributed by atoms with van der Waals surface area (Å²) in [6, 6.07) is 19.4. The summed E-state index contributed by atoms with van der Waals surface area (Å²) < 4.78 is 11.7. The molecule has 1 aliphatic carbocycles. The Morgan fingerprint density at radius 1 is 1.06 bits per heavy atom. The van der Waals surface area contributed by atoms with Crippen molar-refractivity contribution in [1.29, 1.82) is 0 Å². The number of nitrogens with two attached hydrogens (primary N) is 1. The van der Waals surface area contributed by atoms with Gasteiger partial charge in [-0.3, -0.25) is 0 Å². The minimum absolute atomic E-state index is 0.0142. The minimum atomic E-state index is -1.13. The van der Waals surface area contributed by atoms with Crippen LogP contribution >= 0.6 is 11.8 Å². The summed E-state index contributed by atoms with van der Waals surface area (Å²) in [4.78, 5) is 25.1. The van der Waals surface area contributed by atoms with E-state index in [-0.39, 0.29) is 23.5 Å². The molecule has 1 saturated carbocycles. The van der Waals surface area contributed by atoms with E-state index in [1.165, 1.54) is 17.3 Å². The standard InChI is InChI=1S/C26H29NO5S/c27-24(30)32-25(14-7-8-15-25)18-26(20-11-5-2-6-12-20)17-21(28)22(23(29)31-26)33-16-13-19-9-3-1-4-10-19/h1-6,9-12,28H,7-8,13-18H2,(H2,27,30). The van der Waals surface area contributed by atoms with Crippen LogP contribution in [0.3, 0.4) is 0 Å². The van der Waals surface area contributed by atoms with E-state index in [0.29, 0.717) is 18.6 Å². The van der Waals surface area contributed by atoms with Crippen LogP contribution in [-0.2, 0) is 26.3 Å². The Morgan fingerprint density at radius 3 is 2.30 bits per heavy atom. The molecule has 7 heteroatoms. The van der Waals surface area contributed by atoms with Crippen LogP contribution in [0.1, 0.15) is 49.7 Å². The van der Waals surface area contributed by atoms with Crippen molar-refractivity contribution in [2.24, 2.45) is 5.73 Å². The highest BCUT2D eigenvalue weighted by Crippen LogP contribution is 2.49. The molecule has 33 heavy (non-hydrogen) atoms. The number of hydrogen-bond acceptors (Lipinski definition) is 6. The van der Waals surface area contributed by atoms with E-state index in [4.69, 9.17) is 15.2 Å². The molecule has 174 valence electrons. The fourth-order valence-electron chi connectivity index (χ4n) is 4.96. The molecule has 0 saturated heterocycles. The van der Waals surface area contributed by atoms with Crippen molar-refractivity contribution in [3.63, 3.8) is 0 Å². The Kier molecular flexibility index (Phi) is 6.98. The van der Waals surface area contributed by atoms with E-state index >= 15 is 0 Å². The minimum Gasteiger partial charge on any atom is -0.511 e. The largest absolute Gasteiger partial charge is 0.511 e. The highest BCUT2D eigenvalue weighted by Gasteiger charge is 2.51. The van der Waals surface area contributed by atoms with Crippen molar-refractivity contribution in [1.82, 2.24) is 0 Å². The first-order valence-electron chi connectivity index (χ1n) is 11.3. The molecule has 1 atom stereocenters. The summed E-state index contributed by atoms with van der Waals surface area (Å²) in [6.45, 7) is 0. The normalized spacial score (nSPS) is 22.1. The Hall–Kier alpha value is -2.93. The van der Waals surface area contributed by atoms with E-state index in [1.807, 2.05) is 60.7 Å². The number of amides is 1. The van der Waals surface area contributed by atoms with Crippen molar-refractivity contribution in [3.8, 4) is 0 Å². The number of rotatable bonds is 8. The van der Waals surface area contributed by atoms with Gasteiger partial charge in [0, 0.05) is 12.2 Å². The number of carbonyl (C=O) groups excluding carboxylic acids is 2. The number of ether oxygens (including phenoxy) is 2. The zero-order valence-electron chi connectivity index (χ0n) is 18.5. The summed E-state index contributed by atoms with van der Waals surface area (Å²) in [5.74, 6) is 0.110. The zero-order valence-corrected chi connectivity index (χ0v) is 19.3. The third-order valence-electron chi connectivity index (χ3n) is 6.41. The fourth-order valence-corrected chi connectivity index (χ4v) is 5.90. The van der Waals surface area contributed by atoms with Gasteiger partial charge in [0.25, 0.3) is 0 Å². The molecule has 1 aliphatic heterocycles. The number of thioether (sulfide) groups is 1. The summed E-state index contributed by atoms with van der Waals surface area (Å²) >= 11 is 1.31. The number of primary amides is 1. The van der Waals surface area contributed by atoms with Gasteiger partial charge < -0.3 is 20.3 Å². The molecule has 1 heterocycles. The number of aryl methyl sites for hydroxylation is 1. The van der Waals surface area contributed by atoms with Gasteiger partial charge in [-0.25, -0.2) is 9.59 Å². The van der Waals surface area contributed by atoms with Crippen molar-refractivity contribution in [2.75, 3.05) is 5.75 Å². The summed E-state index contributed by atoms with van der Waals surface area (Å²) in [6.07, 6.45) is 3.40. The SMILES string of the molecule is NC(=O)OC1(CC2(c3ccccc3)CC(O)=C(SCCc3ccccc3)C(=O)O2)CCCC1. The van der Waals surface area contributed by atoms with Gasteiger partial charge in [0.15, 0.2) is 0 Å². The van der Waals surface area contributed by atoms with Crippen molar-refractivity contribution >= 4 is 23.8 Å². The van der Waals surface area contributed by atoms with Crippen molar-refractivity contribution in [3.05, 3.63) is 82.5 Å². The van der Waals surface area contributed by atoms with Gasteiger partial charge in [-0.05, 0) is 43.2 Å². The molecule has 1 fully saturated rings. The van der Waals surface area contributed by atoms with Gasteiger partial charge in [-0.1, -0.05) is 60.7 Å². The highest BCUT2D eigenvalue weighted by molar-refractivity contribution is 8.04. The number of esters is 1. The lowest BCUT2D eigenvalue weighted by Gasteiger charge is -2.42. The monoisotopic (exact) mass is 467 g/mol. The number of carbonyl (C=O) groups is 2. The van der Waals surface area contributed by atoms with Crippen LogP contribution in [0.5, 0.6) is 0 Å². The van der Waals surface area contributed by atoms with Gasteiger partial charge >= 0.3 is 12.1 Å². The molecule has 1 unspecified atom stereocenters. The number of benzene rings is 2. The quantitative estimate of drug-likeness (QED) is 0.506. The molecule has 2 aliphatic rings. The first-order chi connectivity index (χ1) is 15.9. The number of cyclic esters (lactones) is 1. The van der Waals surface area contributed by atoms with Gasteiger partial charge in [-0.2, -0.15) is 0 Å². The fraction of sp³-hybridized carbons (Fsp3) is 0.385. The molecule has 3 N–H and O–H groups in total. The second-order valence-corrected chi connectivity index (χ2v) is 9.88. The Morgan fingerprint density at radius 2 is 1.70 bits per heavy atom. The third-order valence-corrected chi connectivity index (χ3v) is 7.51. The predicted octanol–water partition coefficient (Wildman–Crippen LogP) is 5.37. The van der Waals surface area contributed by atoms with Gasteiger partial charge in [-0.15, -0.1) is 11.8 Å². The topological polar surface area (TPSA) is 98.9 Å². The van der Waals surface area contributed by atoms with Crippen LogP contribution in [-0.4, -0.2) is 28.5 Å². The summed E-state index contributed by atoms with van der Waals surface area (Å²) in [5, 5.41) is 11.0. The molecule has 0 aromatic heterocycles. The lowest BCUT2D eigenvalue weighted by Crippen LogP contribution is -2.46. The van der Waals surface area contributed by atoms with Crippen molar-refractivity contribution in [2.45, 2.75) is 56.1 Å². The Labute approximate surface area is 198 Å². The lowest BCUT2D eigenvalue weighted by atomic mass is 9.77.